The van der Waals surface area contributed by atoms with Crippen molar-refractivity contribution in [1.29, 1.82) is 0 Å². The van der Waals surface area contributed by atoms with E-state index in [4.69, 9.17) is 4.74 Å². The molecule has 0 amide bonds. The molecule has 0 bridgehead atoms. The fraction of sp³-hybridized carbons (Fsp3) is 0.467. The molecule has 21 heavy (non-hydrogen) atoms. The van der Waals surface area contributed by atoms with E-state index in [9.17, 15) is 0 Å². The lowest BCUT2D eigenvalue weighted by Gasteiger charge is -2.20. The number of pyridine rings is 1. The summed E-state index contributed by atoms with van der Waals surface area (Å²) in [5, 5.41) is 7.76. The second-order valence-corrected chi connectivity index (χ2v) is 5.88. The first-order valence-electron chi connectivity index (χ1n) is 6.89. The van der Waals surface area contributed by atoms with Gasteiger partial charge < -0.3 is 10.1 Å². The van der Waals surface area contributed by atoms with Crippen molar-refractivity contribution in [3.8, 4) is 0 Å². The molecule has 0 saturated carbocycles. The number of aryl methyl sites for hydroxylation is 2. The van der Waals surface area contributed by atoms with Crippen molar-refractivity contribution in [3.63, 3.8) is 0 Å². The highest BCUT2D eigenvalue weighted by atomic mass is 79.9. The standard InChI is InChI=1S/C15H21BrN4O/c1-10-7-11(2)13(18-8-10)14(17-3)15-12(16)9-19-20(15)5-6-21-4/h7-9,14,17H,5-6H2,1-4H3. The Labute approximate surface area is 133 Å². The molecular formula is C15H21BrN4O. The first kappa shape index (κ1) is 16.1. The largest absolute Gasteiger partial charge is 0.383 e. The van der Waals surface area contributed by atoms with Gasteiger partial charge in [0.1, 0.15) is 0 Å². The average Bonchev–Trinajstić information content (AvgIpc) is 2.81. The van der Waals surface area contributed by atoms with E-state index in [2.05, 4.69) is 51.2 Å². The van der Waals surface area contributed by atoms with Crippen molar-refractivity contribution in [2.24, 2.45) is 0 Å². The second kappa shape index (κ2) is 7.15. The minimum absolute atomic E-state index is 0.0145. The minimum Gasteiger partial charge on any atom is -0.383 e. The number of halogens is 1. The third-order valence-electron chi connectivity index (χ3n) is 3.43. The predicted molar refractivity (Wildman–Crippen MR) is 86.4 cm³/mol. The number of aromatic nitrogens is 3. The normalized spacial score (nSPS) is 12.6. The molecule has 114 valence electrons. The maximum atomic E-state index is 5.16. The molecule has 0 aromatic carbocycles. The van der Waals surface area contributed by atoms with E-state index in [0.717, 1.165) is 21.4 Å². The minimum atomic E-state index is -0.0145. The predicted octanol–water partition coefficient (Wildman–Crippen LogP) is 2.61. The summed E-state index contributed by atoms with van der Waals surface area (Å²) in [7, 11) is 3.63. The van der Waals surface area contributed by atoms with E-state index in [1.165, 1.54) is 5.56 Å². The Morgan fingerprint density at radius 3 is 2.76 bits per heavy atom. The van der Waals surface area contributed by atoms with Crippen LogP contribution in [0.3, 0.4) is 0 Å². The lowest BCUT2D eigenvalue weighted by molar-refractivity contribution is 0.182. The maximum Gasteiger partial charge on any atom is 0.0933 e. The Bertz CT molecular complexity index is 612. The molecule has 2 rings (SSSR count). The molecule has 0 radical (unpaired) electrons. The topological polar surface area (TPSA) is 52.0 Å². The Hall–Kier alpha value is -1.24. The van der Waals surface area contributed by atoms with Gasteiger partial charge >= 0.3 is 0 Å². The number of rotatable bonds is 6. The molecule has 2 aromatic rings. The summed E-state index contributed by atoms with van der Waals surface area (Å²) in [6, 6.07) is 2.13. The zero-order chi connectivity index (χ0) is 15.4. The summed E-state index contributed by atoms with van der Waals surface area (Å²) >= 11 is 3.59. The van der Waals surface area contributed by atoms with Crippen LogP contribution < -0.4 is 5.32 Å². The molecule has 1 unspecified atom stereocenters. The summed E-state index contributed by atoms with van der Waals surface area (Å²) in [6.07, 6.45) is 3.72. The molecule has 5 nitrogen and oxygen atoms in total. The SMILES string of the molecule is CNC(c1ncc(C)cc1C)c1c(Br)cnn1CCOC. The Morgan fingerprint density at radius 1 is 1.38 bits per heavy atom. The third-order valence-corrected chi connectivity index (χ3v) is 4.04. The van der Waals surface area contributed by atoms with E-state index >= 15 is 0 Å². The first-order valence-corrected chi connectivity index (χ1v) is 7.68. The van der Waals surface area contributed by atoms with Crippen LogP contribution in [-0.2, 0) is 11.3 Å². The van der Waals surface area contributed by atoms with Crippen LogP contribution >= 0.6 is 15.9 Å². The number of nitrogens with zero attached hydrogens (tertiary/aromatic N) is 3. The van der Waals surface area contributed by atoms with Gasteiger partial charge in [0.15, 0.2) is 0 Å². The highest BCUT2D eigenvalue weighted by Crippen LogP contribution is 2.29. The van der Waals surface area contributed by atoms with Crippen LogP contribution in [0.2, 0.25) is 0 Å². The fourth-order valence-corrected chi connectivity index (χ4v) is 2.97. The molecule has 0 aliphatic carbocycles. The Kier molecular flexibility index (Phi) is 5.50. The molecule has 2 aromatic heterocycles. The zero-order valence-corrected chi connectivity index (χ0v) is 14.4. The van der Waals surface area contributed by atoms with Gasteiger partial charge in [-0.1, -0.05) is 6.07 Å². The van der Waals surface area contributed by atoms with Crippen molar-refractivity contribution in [2.75, 3.05) is 20.8 Å². The fourth-order valence-electron chi connectivity index (χ4n) is 2.45. The molecule has 6 heteroatoms. The Morgan fingerprint density at radius 2 is 2.14 bits per heavy atom. The van der Waals surface area contributed by atoms with Crippen molar-refractivity contribution >= 4 is 15.9 Å². The summed E-state index contributed by atoms with van der Waals surface area (Å²) < 4.78 is 8.08. The van der Waals surface area contributed by atoms with E-state index in [1.54, 1.807) is 7.11 Å². The van der Waals surface area contributed by atoms with Gasteiger partial charge in [-0.2, -0.15) is 5.10 Å². The van der Waals surface area contributed by atoms with Crippen LogP contribution in [0.25, 0.3) is 0 Å². The maximum absolute atomic E-state index is 5.16. The molecule has 1 N–H and O–H groups in total. The number of hydrogen-bond donors (Lipinski definition) is 1. The van der Waals surface area contributed by atoms with E-state index < -0.39 is 0 Å². The summed E-state index contributed by atoms with van der Waals surface area (Å²) in [5.74, 6) is 0. The lowest BCUT2D eigenvalue weighted by atomic mass is 10.0. The van der Waals surface area contributed by atoms with Crippen LogP contribution in [0.5, 0.6) is 0 Å². The lowest BCUT2D eigenvalue weighted by Crippen LogP contribution is -2.24. The van der Waals surface area contributed by atoms with Crippen LogP contribution in [-0.4, -0.2) is 35.5 Å². The highest BCUT2D eigenvalue weighted by molar-refractivity contribution is 9.10. The van der Waals surface area contributed by atoms with Gasteiger partial charge in [-0.25, -0.2) is 0 Å². The number of nitrogens with one attached hydrogen (secondary N) is 1. The molecule has 2 heterocycles. The highest BCUT2D eigenvalue weighted by Gasteiger charge is 2.23. The van der Waals surface area contributed by atoms with Crippen molar-refractivity contribution in [1.82, 2.24) is 20.1 Å². The van der Waals surface area contributed by atoms with Crippen molar-refractivity contribution in [3.05, 3.63) is 45.4 Å². The van der Waals surface area contributed by atoms with Crippen LogP contribution in [0.15, 0.2) is 22.9 Å². The van der Waals surface area contributed by atoms with Gasteiger partial charge in [0.05, 0.1) is 41.3 Å². The molecule has 1 atom stereocenters. The van der Waals surface area contributed by atoms with Crippen molar-refractivity contribution in [2.45, 2.75) is 26.4 Å². The third kappa shape index (κ3) is 3.51. The van der Waals surface area contributed by atoms with E-state index in [0.29, 0.717) is 13.2 Å². The quantitative estimate of drug-likeness (QED) is 0.868. The molecule has 0 fully saturated rings. The van der Waals surface area contributed by atoms with Crippen LogP contribution in [0, 0.1) is 13.8 Å². The van der Waals surface area contributed by atoms with Gasteiger partial charge in [0.2, 0.25) is 0 Å². The van der Waals surface area contributed by atoms with Crippen LogP contribution in [0.1, 0.15) is 28.6 Å². The summed E-state index contributed by atoms with van der Waals surface area (Å²) in [5.41, 5.74) is 4.41. The average molecular weight is 353 g/mol. The molecular weight excluding hydrogens is 332 g/mol. The number of hydrogen-bond acceptors (Lipinski definition) is 4. The zero-order valence-electron chi connectivity index (χ0n) is 12.9. The van der Waals surface area contributed by atoms with Crippen molar-refractivity contribution < 1.29 is 4.74 Å². The molecule has 0 saturated heterocycles. The summed E-state index contributed by atoms with van der Waals surface area (Å²) in [4.78, 5) is 4.61. The molecule has 0 spiro atoms. The second-order valence-electron chi connectivity index (χ2n) is 5.03. The van der Waals surface area contributed by atoms with Gasteiger partial charge in [0, 0.05) is 13.3 Å². The van der Waals surface area contributed by atoms with Gasteiger partial charge in [-0.3, -0.25) is 9.67 Å². The van der Waals surface area contributed by atoms with E-state index in [-0.39, 0.29) is 6.04 Å². The molecule has 0 aliphatic heterocycles. The smallest absolute Gasteiger partial charge is 0.0933 e. The first-order chi connectivity index (χ1) is 10.1. The van der Waals surface area contributed by atoms with E-state index in [1.807, 2.05) is 24.1 Å². The number of methoxy groups -OCH3 is 1. The van der Waals surface area contributed by atoms with Crippen LogP contribution in [0.4, 0.5) is 0 Å². The monoisotopic (exact) mass is 352 g/mol. The van der Waals surface area contributed by atoms with Gasteiger partial charge in [-0.15, -0.1) is 0 Å². The van der Waals surface area contributed by atoms with Gasteiger partial charge in [-0.05, 0) is 48.0 Å². The number of ether oxygens (including phenoxy) is 1. The Balaban J connectivity index is 2.43. The van der Waals surface area contributed by atoms with Gasteiger partial charge in [0.25, 0.3) is 0 Å². The molecule has 0 aliphatic rings. The summed E-state index contributed by atoms with van der Waals surface area (Å²) in [6.45, 7) is 5.47.